The summed E-state index contributed by atoms with van der Waals surface area (Å²) < 4.78 is 5.09. The molecule has 0 spiro atoms. The highest BCUT2D eigenvalue weighted by Gasteiger charge is 2.08. The standard InChI is InChI=1S/C16H30O3/c1-3-4-5-6-7-8-9-10-11-12-16(18)19-15(2)13-14-17/h14-15H,3-13H2,1-2H3. The van der Waals surface area contributed by atoms with Crippen molar-refractivity contribution in [2.24, 2.45) is 0 Å². The molecule has 112 valence electrons. The Labute approximate surface area is 118 Å². The minimum Gasteiger partial charge on any atom is -0.462 e. The van der Waals surface area contributed by atoms with Crippen molar-refractivity contribution >= 4 is 12.3 Å². The van der Waals surface area contributed by atoms with Gasteiger partial charge in [-0.05, 0) is 13.3 Å². The van der Waals surface area contributed by atoms with Crippen molar-refractivity contribution in [2.75, 3.05) is 0 Å². The summed E-state index contributed by atoms with van der Waals surface area (Å²) in [5.74, 6) is -0.169. The van der Waals surface area contributed by atoms with Crippen LogP contribution in [0.25, 0.3) is 0 Å². The zero-order valence-corrected chi connectivity index (χ0v) is 12.7. The maximum Gasteiger partial charge on any atom is 0.306 e. The lowest BCUT2D eigenvalue weighted by atomic mass is 10.1. The molecule has 0 aliphatic carbocycles. The Morgan fingerprint density at radius 3 is 2.05 bits per heavy atom. The second kappa shape index (κ2) is 13.6. The molecule has 0 rings (SSSR count). The highest BCUT2D eigenvalue weighted by molar-refractivity contribution is 5.69. The Kier molecular flexibility index (Phi) is 13.0. The van der Waals surface area contributed by atoms with Crippen LogP contribution in [-0.2, 0) is 14.3 Å². The molecule has 1 unspecified atom stereocenters. The van der Waals surface area contributed by atoms with Gasteiger partial charge in [-0.1, -0.05) is 58.3 Å². The Bertz CT molecular complexity index is 226. The molecule has 0 aliphatic rings. The summed E-state index contributed by atoms with van der Waals surface area (Å²) in [5.41, 5.74) is 0. The Hall–Kier alpha value is -0.860. The number of hydrogen-bond acceptors (Lipinski definition) is 3. The minimum absolute atomic E-state index is 0.169. The molecular weight excluding hydrogens is 240 g/mol. The lowest BCUT2D eigenvalue weighted by molar-refractivity contribution is -0.148. The second-order valence-electron chi connectivity index (χ2n) is 5.28. The van der Waals surface area contributed by atoms with Crippen molar-refractivity contribution in [3.05, 3.63) is 0 Å². The Balaban J connectivity index is 3.25. The van der Waals surface area contributed by atoms with Crippen LogP contribution in [0.4, 0.5) is 0 Å². The maximum atomic E-state index is 11.4. The van der Waals surface area contributed by atoms with Crippen LogP contribution in [0.15, 0.2) is 0 Å². The van der Waals surface area contributed by atoms with E-state index in [1.54, 1.807) is 6.92 Å². The summed E-state index contributed by atoms with van der Waals surface area (Å²) in [4.78, 5) is 21.6. The van der Waals surface area contributed by atoms with E-state index in [2.05, 4.69) is 6.92 Å². The third-order valence-electron chi connectivity index (χ3n) is 3.25. The van der Waals surface area contributed by atoms with Gasteiger partial charge in [0.1, 0.15) is 12.4 Å². The van der Waals surface area contributed by atoms with Crippen molar-refractivity contribution in [3.63, 3.8) is 0 Å². The van der Waals surface area contributed by atoms with Crippen LogP contribution in [0.1, 0.15) is 84.5 Å². The molecule has 0 radical (unpaired) electrons. The molecule has 1 atom stereocenters. The molecular formula is C16H30O3. The first-order valence-electron chi connectivity index (χ1n) is 7.83. The number of esters is 1. The van der Waals surface area contributed by atoms with Crippen molar-refractivity contribution < 1.29 is 14.3 Å². The predicted molar refractivity (Wildman–Crippen MR) is 78.1 cm³/mol. The van der Waals surface area contributed by atoms with Crippen LogP contribution >= 0.6 is 0 Å². The lowest BCUT2D eigenvalue weighted by Gasteiger charge is -2.09. The van der Waals surface area contributed by atoms with Crippen molar-refractivity contribution in [1.82, 2.24) is 0 Å². The minimum atomic E-state index is -0.274. The van der Waals surface area contributed by atoms with Crippen LogP contribution in [-0.4, -0.2) is 18.4 Å². The second-order valence-corrected chi connectivity index (χ2v) is 5.28. The van der Waals surface area contributed by atoms with E-state index in [0.717, 1.165) is 19.1 Å². The molecule has 3 nitrogen and oxygen atoms in total. The molecule has 0 fully saturated rings. The number of ether oxygens (including phenoxy) is 1. The Morgan fingerprint density at radius 2 is 1.53 bits per heavy atom. The summed E-state index contributed by atoms with van der Waals surface area (Å²) in [6.07, 6.45) is 12.5. The molecule has 0 amide bonds. The molecule has 19 heavy (non-hydrogen) atoms. The molecule has 0 saturated carbocycles. The summed E-state index contributed by atoms with van der Waals surface area (Å²) in [6.45, 7) is 3.98. The van der Waals surface area contributed by atoms with Gasteiger partial charge in [-0.25, -0.2) is 0 Å². The first-order chi connectivity index (χ1) is 9.20. The third kappa shape index (κ3) is 13.4. The molecule has 3 heteroatoms. The van der Waals surface area contributed by atoms with Gasteiger partial charge in [0, 0.05) is 12.8 Å². The predicted octanol–water partition coefficient (Wildman–Crippen LogP) is 4.43. The van der Waals surface area contributed by atoms with Crippen LogP contribution in [0.5, 0.6) is 0 Å². The Morgan fingerprint density at radius 1 is 1.00 bits per heavy atom. The van der Waals surface area contributed by atoms with E-state index in [1.165, 1.54) is 44.9 Å². The largest absolute Gasteiger partial charge is 0.462 e. The first kappa shape index (κ1) is 18.1. The van der Waals surface area contributed by atoms with E-state index in [1.807, 2.05) is 0 Å². The number of carbonyl (C=O) groups excluding carboxylic acids is 2. The third-order valence-corrected chi connectivity index (χ3v) is 3.25. The number of unbranched alkanes of at least 4 members (excludes halogenated alkanes) is 8. The van der Waals surface area contributed by atoms with E-state index >= 15 is 0 Å². The average molecular weight is 270 g/mol. The van der Waals surface area contributed by atoms with Gasteiger partial charge in [-0.2, -0.15) is 0 Å². The summed E-state index contributed by atoms with van der Waals surface area (Å²) in [6, 6.07) is 0. The van der Waals surface area contributed by atoms with Gasteiger partial charge in [0.25, 0.3) is 0 Å². The average Bonchev–Trinajstić information content (AvgIpc) is 2.37. The van der Waals surface area contributed by atoms with E-state index in [4.69, 9.17) is 4.74 Å². The van der Waals surface area contributed by atoms with Gasteiger partial charge in [-0.3, -0.25) is 4.79 Å². The van der Waals surface area contributed by atoms with Crippen LogP contribution in [0.3, 0.4) is 0 Å². The molecule has 0 aromatic heterocycles. The number of hydrogen-bond donors (Lipinski definition) is 0. The number of rotatable bonds is 13. The molecule has 0 saturated heterocycles. The number of aldehydes is 1. The van der Waals surface area contributed by atoms with E-state index in [9.17, 15) is 9.59 Å². The van der Waals surface area contributed by atoms with Crippen molar-refractivity contribution in [3.8, 4) is 0 Å². The van der Waals surface area contributed by atoms with E-state index in [-0.39, 0.29) is 12.1 Å². The molecule has 0 bridgehead atoms. The van der Waals surface area contributed by atoms with Gasteiger partial charge in [0.05, 0.1) is 0 Å². The fourth-order valence-electron chi connectivity index (χ4n) is 2.05. The van der Waals surface area contributed by atoms with Gasteiger partial charge in [0.2, 0.25) is 0 Å². The summed E-state index contributed by atoms with van der Waals surface area (Å²) >= 11 is 0. The zero-order valence-electron chi connectivity index (χ0n) is 12.7. The van der Waals surface area contributed by atoms with Crippen molar-refractivity contribution in [1.29, 1.82) is 0 Å². The summed E-state index contributed by atoms with van der Waals surface area (Å²) in [5, 5.41) is 0. The topological polar surface area (TPSA) is 43.4 Å². The first-order valence-corrected chi connectivity index (χ1v) is 7.83. The molecule has 0 heterocycles. The van der Waals surface area contributed by atoms with Crippen molar-refractivity contribution in [2.45, 2.75) is 90.6 Å². The smallest absolute Gasteiger partial charge is 0.306 e. The fourth-order valence-corrected chi connectivity index (χ4v) is 2.05. The highest BCUT2D eigenvalue weighted by atomic mass is 16.5. The maximum absolute atomic E-state index is 11.4. The van der Waals surface area contributed by atoms with E-state index < -0.39 is 0 Å². The van der Waals surface area contributed by atoms with Gasteiger partial charge in [0.15, 0.2) is 0 Å². The molecule has 0 N–H and O–H groups in total. The monoisotopic (exact) mass is 270 g/mol. The van der Waals surface area contributed by atoms with Crippen LogP contribution < -0.4 is 0 Å². The lowest BCUT2D eigenvalue weighted by Crippen LogP contribution is -2.14. The van der Waals surface area contributed by atoms with E-state index in [0.29, 0.717) is 12.8 Å². The zero-order chi connectivity index (χ0) is 14.3. The van der Waals surface area contributed by atoms with Gasteiger partial charge < -0.3 is 9.53 Å². The SMILES string of the molecule is CCCCCCCCCCCC(=O)OC(C)CC=O. The fraction of sp³-hybridized carbons (Fsp3) is 0.875. The molecule has 0 aromatic rings. The molecule has 0 aliphatic heterocycles. The van der Waals surface area contributed by atoms with Gasteiger partial charge in [-0.15, -0.1) is 0 Å². The quantitative estimate of drug-likeness (QED) is 0.282. The highest BCUT2D eigenvalue weighted by Crippen LogP contribution is 2.11. The van der Waals surface area contributed by atoms with Crippen LogP contribution in [0, 0.1) is 0 Å². The summed E-state index contributed by atoms with van der Waals surface area (Å²) in [7, 11) is 0. The number of carbonyl (C=O) groups is 2. The molecule has 0 aromatic carbocycles. The van der Waals surface area contributed by atoms with Crippen LogP contribution in [0.2, 0.25) is 0 Å². The van der Waals surface area contributed by atoms with Gasteiger partial charge >= 0.3 is 5.97 Å². The normalized spacial score (nSPS) is 12.1.